The van der Waals surface area contributed by atoms with Crippen LogP contribution in [0.5, 0.6) is 0 Å². The average molecular weight is 400 g/mol. The first-order valence-electron chi connectivity index (χ1n) is 5.60. The van der Waals surface area contributed by atoms with Crippen LogP contribution in [0, 0.1) is 6.92 Å². The Kier molecular flexibility index (Phi) is 4.60. The fourth-order valence-corrected chi connectivity index (χ4v) is 3.02. The van der Waals surface area contributed by atoms with E-state index in [9.17, 15) is 0 Å². The number of benzene rings is 2. The zero-order valence-electron chi connectivity index (χ0n) is 10.2. The first-order chi connectivity index (χ1) is 8.97. The van der Waals surface area contributed by atoms with Crippen LogP contribution in [0.15, 0.2) is 45.3 Å². The van der Waals surface area contributed by atoms with Gasteiger partial charge in [0.15, 0.2) is 0 Å². The lowest BCUT2D eigenvalue weighted by Crippen LogP contribution is -2.12. The van der Waals surface area contributed by atoms with Gasteiger partial charge in [-0.25, -0.2) is 0 Å². The summed E-state index contributed by atoms with van der Waals surface area (Å²) in [5.41, 5.74) is 9.62. The summed E-state index contributed by atoms with van der Waals surface area (Å²) in [7, 11) is 0. The average Bonchev–Trinajstić information content (AvgIpc) is 2.34. The summed E-state index contributed by atoms with van der Waals surface area (Å²) >= 11 is 12.1. The van der Waals surface area contributed by atoms with Crippen molar-refractivity contribution in [3.63, 3.8) is 0 Å². The van der Waals surface area contributed by atoms with E-state index in [1.807, 2.05) is 43.3 Å². The van der Waals surface area contributed by atoms with Gasteiger partial charge in [-0.3, -0.25) is 0 Å². The van der Waals surface area contributed by atoms with Crippen molar-refractivity contribution in [2.45, 2.75) is 6.92 Å². The molecular weight excluding hydrogens is 388 g/mol. The van der Waals surface area contributed by atoms with Crippen molar-refractivity contribution in [3.8, 4) is 0 Å². The molecule has 0 aliphatic carbocycles. The lowest BCUT2D eigenvalue weighted by atomic mass is 10.1. The van der Waals surface area contributed by atoms with E-state index in [1.165, 1.54) is 0 Å². The number of thiocarbonyl (C=S) groups is 1. The Balaban J connectivity index is 2.40. The third-order valence-corrected chi connectivity index (χ3v) is 4.01. The van der Waals surface area contributed by atoms with Gasteiger partial charge < -0.3 is 11.1 Å². The van der Waals surface area contributed by atoms with Gasteiger partial charge in [0.1, 0.15) is 4.99 Å². The maximum absolute atomic E-state index is 5.77. The molecule has 5 heteroatoms. The van der Waals surface area contributed by atoms with Gasteiger partial charge in [-0.2, -0.15) is 0 Å². The number of halogens is 2. The summed E-state index contributed by atoms with van der Waals surface area (Å²) in [6.45, 7) is 2.01. The molecule has 19 heavy (non-hydrogen) atoms. The first kappa shape index (κ1) is 14.5. The van der Waals surface area contributed by atoms with Gasteiger partial charge in [-0.1, -0.05) is 39.8 Å². The second-order valence-corrected chi connectivity index (χ2v) is 6.37. The van der Waals surface area contributed by atoms with Crippen molar-refractivity contribution in [2.24, 2.45) is 5.73 Å². The van der Waals surface area contributed by atoms with E-state index in [-0.39, 0.29) is 0 Å². The normalized spacial score (nSPS) is 10.3. The van der Waals surface area contributed by atoms with Gasteiger partial charge in [-0.15, -0.1) is 0 Å². The fourth-order valence-electron chi connectivity index (χ4n) is 1.71. The van der Waals surface area contributed by atoms with E-state index < -0.39 is 0 Å². The summed E-state index contributed by atoms with van der Waals surface area (Å²) in [4.78, 5) is 0.388. The predicted octanol–water partition coefficient (Wildman–Crippen LogP) is 4.90. The van der Waals surface area contributed by atoms with Crippen LogP contribution in [0.4, 0.5) is 11.4 Å². The third-order valence-electron chi connectivity index (χ3n) is 2.64. The third kappa shape index (κ3) is 3.55. The summed E-state index contributed by atoms with van der Waals surface area (Å²) in [6, 6.07) is 11.9. The molecule has 98 valence electrons. The van der Waals surface area contributed by atoms with Crippen LogP contribution in [-0.4, -0.2) is 4.99 Å². The zero-order valence-corrected chi connectivity index (χ0v) is 14.2. The van der Waals surface area contributed by atoms with Crippen LogP contribution >= 0.6 is 44.1 Å². The maximum atomic E-state index is 5.77. The van der Waals surface area contributed by atoms with Gasteiger partial charge in [0, 0.05) is 20.2 Å². The van der Waals surface area contributed by atoms with Crippen LogP contribution in [0.25, 0.3) is 0 Å². The van der Waals surface area contributed by atoms with Crippen molar-refractivity contribution in [2.75, 3.05) is 5.32 Å². The van der Waals surface area contributed by atoms with Crippen molar-refractivity contribution in [1.82, 2.24) is 0 Å². The molecule has 2 aromatic carbocycles. The molecule has 0 heterocycles. The minimum absolute atomic E-state index is 0.388. The van der Waals surface area contributed by atoms with Crippen LogP contribution in [-0.2, 0) is 0 Å². The summed E-state index contributed by atoms with van der Waals surface area (Å²) in [5, 5.41) is 3.34. The SMILES string of the molecule is Cc1ccc(Nc2ccc(Br)cc2Br)c(C(N)=S)c1. The molecule has 0 bridgehead atoms. The van der Waals surface area contributed by atoms with E-state index >= 15 is 0 Å². The molecule has 0 unspecified atom stereocenters. The molecule has 0 amide bonds. The molecule has 3 N–H and O–H groups in total. The molecular formula is C14H12Br2N2S. The van der Waals surface area contributed by atoms with E-state index in [2.05, 4.69) is 37.2 Å². The Morgan fingerprint density at radius 2 is 1.79 bits per heavy atom. The Labute approximate surface area is 134 Å². The van der Waals surface area contributed by atoms with Crippen molar-refractivity contribution < 1.29 is 0 Å². The first-order valence-corrected chi connectivity index (χ1v) is 7.59. The summed E-state index contributed by atoms with van der Waals surface area (Å²) in [5.74, 6) is 0. The molecule has 0 aliphatic heterocycles. The molecule has 0 saturated carbocycles. The fraction of sp³-hybridized carbons (Fsp3) is 0.0714. The second-order valence-electron chi connectivity index (χ2n) is 4.16. The van der Waals surface area contributed by atoms with Crippen molar-refractivity contribution in [3.05, 3.63) is 56.5 Å². The monoisotopic (exact) mass is 398 g/mol. The van der Waals surface area contributed by atoms with Gasteiger partial charge in [-0.05, 0) is 53.2 Å². The zero-order chi connectivity index (χ0) is 14.0. The molecule has 0 atom stereocenters. The minimum Gasteiger partial charge on any atom is -0.389 e. The molecule has 2 rings (SSSR count). The molecule has 2 nitrogen and oxygen atoms in total. The standard InChI is InChI=1S/C14H12Br2N2S/c1-8-2-4-12(10(6-8)14(17)19)18-13-5-3-9(15)7-11(13)16/h2-7,18H,1H3,(H2,17,19). The van der Waals surface area contributed by atoms with Crippen LogP contribution in [0.3, 0.4) is 0 Å². The molecule has 0 fully saturated rings. The molecule has 0 radical (unpaired) electrons. The highest BCUT2D eigenvalue weighted by Gasteiger charge is 2.08. The number of rotatable bonds is 3. The smallest absolute Gasteiger partial charge is 0.106 e. The van der Waals surface area contributed by atoms with Gasteiger partial charge in [0.25, 0.3) is 0 Å². The van der Waals surface area contributed by atoms with Crippen molar-refractivity contribution >= 4 is 60.4 Å². The quantitative estimate of drug-likeness (QED) is 0.721. The molecule has 0 aromatic heterocycles. The number of nitrogens with two attached hydrogens (primary N) is 1. The lowest BCUT2D eigenvalue weighted by Gasteiger charge is -2.13. The van der Waals surface area contributed by atoms with Gasteiger partial charge in [0.05, 0.1) is 5.69 Å². The molecule has 0 spiro atoms. The van der Waals surface area contributed by atoms with Crippen LogP contribution in [0.2, 0.25) is 0 Å². The largest absolute Gasteiger partial charge is 0.389 e. The van der Waals surface area contributed by atoms with E-state index in [1.54, 1.807) is 0 Å². The van der Waals surface area contributed by atoms with E-state index in [0.29, 0.717) is 4.99 Å². The molecule has 0 aliphatic rings. The topological polar surface area (TPSA) is 38.0 Å². The Morgan fingerprint density at radius 1 is 1.11 bits per heavy atom. The van der Waals surface area contributed by atoms with E-state index in [0.717, 1.165) is 31.4 Å². The van der Waals surface area contributed by atoms with Gasteiger partial charge in [0.2, 0.25) is 0 Å². The van der Waals surface area contributed by atoms with Crippen LogP contribution in [0.1, 0.15) is 11.1 Å². The molecule has 0 saturated heterocycles. The maximum Gasteiger partial charge on any atom is 0.106 e. The highest BCUT2D eigenvalue weighted by atomic mass is 79.9. The predicted molar refractivity (Wildman–Crippen MR) is 92.2 cm³/mol. The Hall–Kier alpha value is -0.910. The molecule has 2 aromatic rings. The highest BCUT2D eigenvalue weighted by Crippen LogP contribution is 2.30. The van der Waals surface area contributed by atoms with Gasteiger partial charge >= 0.3 is 0 Å². The minimum atomic E-state index is 0.388. The lowest BCUT2D eigenvalue weighted by molar-refractivity contribution is 1.43. The number of hydrogen-bond acceptors (Lipinski definition) is 2. The summed E-state index contributed by atoms with van der Waals surface area (Å²) in [6.07, 6.45) is 0. The second kappa shape index (κ2) is 6.03. The number of aryl methyl sites for hydroxylation is 1. The number of nitrogens with one attached hydrogen (secondary N) is 1. The van der Waals surface area contributed by atoms with Crippen LogP contribution < -0.4 is 11.1 Å². The van der Waals surface area contributed by atoms with E-state index in [4.69, 9.17) is 18.0 Å². The Bertz CT molecular complexity index is 641. The highest BCUT2D eigenvalue weighted by molar-refractivity contribution is 9.11. The number of anilines is 2. The van der Waals surface area contributed by atoms with Crippen molar-refractivity contribution in [1.29, 1.82) is 0 Å². The summed E-state index contributed by atoms with van der Waals surface area (Å²) < 4.78 is 1.99. The number of hydrogen-bond donors (Lipinski definition) is 2. The Morgan fingerprint density at radius 3 is 2.42 bits per heavy atom.